The first-order chi connectivity index (χ1) is 10.1. The third-order valence-electron chi connectivity index (χ3n) is 3.01. The smallest absolute Gasteiger partial charge is 0.307 e. The molecule has 0 bridgehead atoms. The summed E-state index contributed by atoms with van der Waals surface area (Å²) in [5, 5.41) is 3.30. The fraction of sp³-hybridized carbons (Fsp3) is 0.0667. The normalized spacial score (nSPS) is 13.8. The molecule has 0 unspecified atom stereocenters. The molecule has 0 atom stereocenters. The van der Waals surface area contributed by atoms with Crippen LogP contribution in [0.1, 0.15) is 0 Å². The summed E-state index contributed by atoms with van der Waals surface area (Å²) in [5.41, 5.74) is 1.21. The van der Waals surface area contributed by atoms with Gasteiger partial charge in [-0.3, -0.25) is 4.79 Å². The Morgan fingerprint density at radius 3 is 2.62 bits per heavy atom. The van der Waals surface area contributed by atoms with Gasteiger partial charge in [0.2, 0.25) is 5.91 Å². The predicted octanol–water partition coefficient (Wildman–Crippen LogP) is 4.01. The molecule has 0 aliphatic carbocycles. The number of imide groups is 1. The Bertz CT molecular complexity index is 703. The number of fused-ring (bicyclic) bond motifs is 1. The van der Waals surface area contributed by atoms with Crippen LogP contribution in [0, 0.1) is 0 Å². The molecule has 3 amide bonds. The molecule has 1 aliphatic rings. The van der Waals surface area contributed by atoms with Crippen molar-refractivity contribution in [3.63, 3.8) is 0 Å². The SMILES string of the molecule is O=C1CSc2ccccc2N1C(=O)Nc1ccc(Cl)cc1. The van der Waals surface area contributed by atoms with Gasteiger partial charge in [0.05, 0.1) is 11.4 Å². The van der Waals surface area contributed by atoms with E-state index in [1.165, 1.54) is 16.7 Å². The maximum Gasteiger partial charge on any atom is 0.333 e. The summed E-state index contributed by atoms with van der Waals surface area (Å²) in [6.45, 7) is 0. The third-order valence-corrected chi connectivity index (χ3v) is 4.30. The Morgan fingerprint density at radius 2 is 1.86 bits per heavy atom. The van der Waals surface area contributed by atoms with Gasteiger partial charge in [-0.1, -0.05) is 23.7 Å². The van der Waals surface area contributed by atoms with E-state index in [9.17, 15) is 9.59 Å². The van der Waals surface area contributed by atoms with E-state index in [0.29, 0.717) is 16.4 Å². The van der Waals surface area contributed by atoms with E-state index < -0.39 is 6.03 Å². The van der Waals surface area contributed by atoms with Gasteiger partial charge in [-0.05, 0) is 36.4 Å². The zero-order valence-electron chi connectivity index (χ0n) is 10.9. The highest BCUT2D eigenvalue weighted by Gasteiger charge is 2.29. The summed E-state index contributed by atoms with van der Waals surface area (Å²) in [4.78, 5) is 26.5. The third kappa shape index (κ3) is 2.89. The van der Waals surface area contributed by atoms with Crippen molar-refractivity contribution < 1.29 is 9.59 Å². The molecule has 0 saturated carbocycles. The summed E-state index contributed by atoms with van der Waals surface area (Å²) in [5.74, 6) is 0.0237. The number of para-hydroxylation sites is 1. The Kier molecular flexibility index (Phi) is 3.86. The van der Waals surface area contributed by atoms with E-state index >= 15 is 0 Å². The molecule has 0 aromatic heterocycles. The minimum absolute atomic E-state index is 0.231. The summed E-state index contributed by atoms with van der Waals surface area (Å²) in [6.07, 6.45) is 0. The maximum atomic E-state index is 12.4. The molecule has 106 valence electrons. The highest BCUT2D eigenvalue weighted by molar-refractivity contribution is 8.00. The number of rotatable bonds is 1. The molecule has 0 radical (unpaired) electrons. The van der Waals surface area contributed by atoms with Crippen LogP contribution >= 0.6 is 23.4 Å². The van der Waals surface area contributed by atoms with Crippen LogP contribution in [0.5, 0.6) is 0 Å². The zero-order valence-corrected chi connectivity index (χ0v) is 12.4. The number of hydrogen-bond acceptors (Lipinski definition) is 3. The minimum Gasteiger partial charge on any atom is -0.307 e. The molecule has 1 heterocycles. The Balaban J connectivity index is 1.87. The number of hydrogen-bond donors (Lipinski definition) is 1. The van der Waals surface area contributed by atoms with E-state index in [4.69, 9.17) is 11.6 Å². The lowest BCUT2D eigenvalue weighted by atomic mass is 10.2. The van der Waals surface area contributed by atoms with E-state index in [1.54, 1.807) is 36.4 Å². The fourth-order valence-electron chi connectivity index (χ4n) is 2.04. The van der Waals surface area contributed by atoms with E-state index in [0.717, 1.165) is 4.90 Å². The van der Waals surface area contributed by atoms with E-state index in [2.05, 4.69) is 5.32 Å². The lowest BCUT2D eigenvalue weighted by Crippen LogP contribution is -2.43. The Labute approximate surface area is 131 Å². The molecule has 1 N–H and O–H groups in total. The second kappa shape index (κ2) is 5.79. The van der Waals surface area contributed by atoms with Gasteiger partial charge in [0.15, 0.2) is 0 Å². The molecule has 0 saturated heterocycles. The highest BCUT2D eigenvalue weighted by Crippen LogP contribution is 2.35. The van der Waals surface area contributed by atoms with Crippen molar-refractivity contribution in [3.05, 3.63) is 53.6 Å². The van der Waals surface area contributed by atoms with Gasteiger partial charge in [0.25, 0.3) is 0 Å². The summed E-state index contributed by atoms with van der Waals surface area (Å²) < 4.78 is 0. The van der Waals surface area contributed by atoms with Gasteiger partial charge in [0, 0.05) is 15.6 Å². The number of urea groups is 1. The number of anilines is 2. The molecule has 0 spiro atoms. The van der Waals surface area contributed by atoms with Crippen LogP contribution in [-0.4, -0.2) is 17.7 Å². The van der Waals surface area contributed by atoms with Gasteiger partial charge in [-0.25, -0.2) is 9.69 Å². The van der Waals surface area contributed by atoms with Crippen LogP contribution in [0.2, 0.25) is 5.02 Å². The monoisotopic (exact) mass is 318 g/mol. The van der Waals surface area contributed by atoms with E-state index in [1.807, 2.05) is 12.1 Å². The van der Waals surface area contributed by atoms with Crippen molar-refractivity contribution >= 4 is 46.7 Å². The van der Waals surface area contributed by atoms with Crippen molar-refractivity contribution in [1.29, 1.82) is 0 Å². The van der Waals surface area contributed by atoms with Gasteiger partial charge < -0.3 is 5.32 Å². The van der Waals surface area contributed by atoms with Crippen LogP contribution in [0.4, 0.5) is 16.2 Å². The van der Waals surface area contributed by atoms with Crippen LogP contribution in [0.3, 0.4) is 0 Å². The van der Waals surface area contributed by atoms with Crippen LogP contribution in [-0.2, 0) is 4.79 Å². The quantitative estimate of drug-likeness (QED) is 0.864. The molecule has 2 aromatic carbocycles. The molecular weight excluding hydrogens is 308 g/mol. The average Bonchev–Trinajstić information content (AvgIpc) is 2.49. The van der Waals surface area contributed by atoms with Crippen molar-refractivity contribution in [1.82, 2.24) is 0 Å². The van der Waals surface area contributed by atoms with Crippen molar-refractivity contribution in [2.24, 2.45) is 0 Å². The molecule has 1 aliphatic heterocycles. The number of amides is 3. The average molecular weight is 319 g/mol. The summed E-state index contributed by atoms with van der Waals surface area (Å²) in [7, 11) is 0. The molecular formula is C15H11ClN2O2S. The lowest BCUT2D eigenvalue weighted by Gasteiger charge is -2.27. The molecule has 4 nitrogen and oxygen atoms in total. The first-order valence-corrected chi connectivity index (χ1v) is 7.63. The van der Waals surface area contributed by atoms with Gasteiger partial charge in [0.1, 0.15) is 0 Å². The van der Waals surface area contributed by atoms with E-state index in [-0.39, 0.29) is 11.7 Å². The number of benzene rings is 2. The van der Waals surface area contributed by atoms with Gasteiger partial charge in [-0.15, -0.1) is 11.8 Å². The number of carbonyl (C=O) groups is 2. The molecule has 21 heavy (non-hydrogen) atoms. The number of halogens is 1. The second-order valence-electron chi connectivity index (χ2n) is 4.42. The topological polar surface area (TPSA) is 49.4 Å². The van der Waals surface area contributed by atoms with Crippen LogP contribution in [0.15, 0.2) is 53.4 Å². The van der Waals surface area contributed by atoms with Gasteiger partial charge in [-0.2, -0.15) is 0 Å². The van der Waals surface area contributed by atoms with Gasteiger partial charge >= 0.3 is 6.03 Å². The number of thioether (sulfide) groups is 1. The number of nitrogens with one attached hydrogen (secondary N) is 1. The minimum atomic E-state index is -0.463. The number of nitrogens with zero attached hydrogens (tertiary/aromatic N) is 1. The van der Waals surface area contributed by atoms with Crippen LogP contribution in [0.25, 0.3) is 0 Å². The summed E-state index contributed by atoms with van der Waals surface area (Å²) in [6, 6.07) is 13.6. The van der Waals surface area contributed by atoms with Crippen LogP contribution < -0.4 is 10.2 Å². The standard InChI is InChI=1S/C15H11ClN2O2S/c16-10-5-7-11(8-6-10)17-15(20)18-12-3-1-2-4-13(12)21-9-14(18)19/h1-8H,9H2,(H,17,20). The summed E-state index contributed by atoms with van der Waals surface area (Å²) >= 11 is 7.24. The lowest BCUT2D eigenvalue weighted by molar-refractivity contribution is -0.115. The van der Waals surface area contributed by atoms with Crippen molar-refractivity contribution in [2.75, 3.05) is 16.0 Å². The molecule has 0 fully saturated rings. The highest BCUT2D eigenvalue weighted by atomic mass is 35.5. The maximum absolute atomic E-state index is 12.4. The molecule has 3 rings (SSSR count). The largest absolute Gasteiger partial charge is 0.333 e. The van der Waals surface area contributed by atoms with Crippen molar-refractivity contribution in [2.45, 2.75) is 4.90 Å². The first kappa shape index (κ1) is 14.0. The zero-order chi connectivity index (χ0) is 14.8. The molecule has 6 heteroatoms. The number of carbonyl (C=O) groups excluding carboxylic acids is 2. The molecule has 2 aromatic rings. The Hall–Kier alpha value is -1.98. The Morgan fingerprint density at radius 1 is 1.14 bits per heavy atom. The predicted molar refractivity (Wildman–Crippen MR) is 85.1 cm³/mol. The first-order valence-electron chi connectivity index (χ1n) is 6.26. The second-order valence-corrected chi connectivity index (χ2v) is 5.88. The van der Waals surface area contributed by atoms with Crippen molar-refractivity contribution in [3.8, 4) is 0 Å². The fourth-order valence-corrected chi connectivity index (χ4v) is 3.05.